The summed E-state index contributed by atoms with van der Waals surface area (Å²) in [4.78, 5) is 29.3. The van der Waals surface area contributed by atoms with Crippen molar-refractivity contribution in [2.75, 3.05) is 36.8 Å². The first-order valence-corrected chi connectivity index (χ1v) is 15.5. The quantitative estimate of drug-likeness (QED) is 0.320. The topological polar surface area (TPSA) is 128 Å². The zero-order valence-electron chi connectivity index (χ0n) is 23.5. The normalized spacial score (nSPS) is 18.1. The van der Waals surface area contributed by atoms with E-state index in [2.05, 4.69) is 10.0 Å². The van der Waals surface area contributed by atoms with Crippen LogP contribution in [0.15, 0.2) is 64.2 Å². The van der Waals surface area contributed by atoms with Crippen LogP contribution in [0.1, 0.15) is 29.8 Å². The molecular weight excluding hydrogens is 609 g/mol. The molecule has 43 heavy (non-hydrogen) atoms. The SMILES string of the molecule is CC1CN(C(C)CO)C(=O)c2cc(NS(=O)(=O)c3cccs3)ccc2OC1CN(C)C(=O)Nc1ccc(C(F)(F)F)cc1. The molecule has 1 aromatic heterocycles. The maximum absolute atomic E-state index is 13.6. The van der Waals surface area contributed by atoms with Crippen LogP contribution in [0.3, 0.4) is 0 Å². The highest BCUT2D eigenvalue weighted by molar-refractivity contribution is 7.94. The van der Waals surface area contributed by atoms with Gasteiger partial charge in [-0.3, -0.25) is 9.52 Å². The molecular formula is C28H31F3N4O6S2. The van der Waals surface area contributed by atoms with Crippen LogP contribution in [0.25, 0.3) is 0 Å². The third-order valence-electron chi connectivity index (χ3n) is 6.94. The first kappa shape index (κ1) is 32.1. The van der Waals surface area contributed by atoms with E-state index in [4.69, 9.17) is 4.74 Å². The Kier molecular flexibility index (Phi) is 9.57. The van der Waals surface area contributed by atoms with Gasteiger partial charge < -0.3 is 25.0 Å². The summed E-state index contributed by atoms with van der Waals surface area (Å²) >= 11 is 1.04. The lowest BCUT2D eigenvalue weighted by molar-refractivity contribution is -0.137. The van der Waals surface area contributed by atoms with Crippen LogP contribution >= 0.6 is 11.3 Å². The van der Waals surface area contributed by atoms with Gasteiger partial charge in [0, 0.05) is 30.9 Å². The van der Waals surface area contributed by atoms with Crippen LogP contribution in [-0.4, -0.2) is 74.2 Å². The molecule has 0 saturated carbocycles. The molecule has 3 atom stereocenters. The smallest absolute Gasteiger partial charge is 0.416 e. The molecule has 3 amide bonds. The van der Waals surface area contributed by atoms with Crippen LogP contribution in [0.4, 0.5) is 29.3 Å². The number of alkyl halides is 3. The number of nitrogens with one attached hydrogen (secondary N) is 2. The predicted molar refractivity (Wildman–Crippen MR) is 156 cm³/mol. The van der Waals surface area contributed by atoms with Gasteiger partial charge in [0.15, 0.2) is 0 Å². The number of fused-ring (bicyclic) bond motifs is 1. The fourth-order valence-corrected chi connectivity index (χ4v) is 6.48. The van der Waals surface area contributed by atoms with Gasteiger partial charge in [-0.2, -0.15) is 13.2 Å². The van der Waals surface area contributed by atoms with Crippen LogP contribution in [0.2, 0.25) is 0 Å². The molecule has 1 aliphatic heterocycles. The molecule has 3 unspecified atom stereocenters. The molecule has 3 N–H and O–H groups in total. The van der Waals surface area contributed by atoms with E-state index in [9.17, 15) is 36.3 Å². The second kappa shape index (κ2) is 12.8. The highest BCUT2D eigenvalue weighted by atomic mass is 32.2. The lowest BCUT2D eigenvalue weighted by atomic mass is 9.99. The Hall–Kier alpha value is -3.82. The molecule has 0 bridgehead atoms. The molecule has 2 aromatic carbocycles. The van der Waals surface area contributed by atoms with Crippen molar-refractivity contribution in [2.24, 2.45) is 5.92 Å². The number of benzene rings is 2. The van der Waals surface area contributed by atoms with Gasteiger partial charge in [0.1, 0.15) is 16.1 Å². The van der Waals surface area contributed by atoms with E-state index in [0.29, 0.717) is 0 Å². The summed E-state index contributed by atoms with van der Waals surface area (Å²) in [6.45, 7) is 3.37. The molecule has 1 aliphatic rings. The van der Waals surface area contributed by atoms with Crippen molar-refractivity contribution in [3.8, 4) is 5.75 Å². The second-order valence-electron chi connectivity index (χ2n) is 10.3. The number of thiophene rings is 1. The zero-order chi connectivity index (χ0) is 31.5. The fourth-order valence-electron chi connectivity index (χ4n) is 4.44. The molecule has 0 spiro atoms. The lowest BCUT2D eigenvalue weighted by Crippen LogP contribution is -2.50. The van der Waals surface area contributed by atoms with Crippen molar-refractivity contribution in [3.63, 3.8) is 0 Å². The Bertz CT molecular complexity index is 1550. The highest BCUT2D eigenvalue weighted by Gasteiger charge is 2.35. The molecule has 0 aliphatic carbocycles. The van der Waals surface area contributed by atoms with Crippen molar-refractivity contribution < 1.29 is 41.0 Å². The van der Waals surface area contributed by atoms with Crippen molar-refractivity contribution in [3.05, 3.63) is 71.1 Å². The second-order valence-corrected chi connectivity index (χ2v) is 13.1. The average molecular weight is 641 g/mol. The van der Waals surface area contributed by atoms with Crippen molar-refractivity contribution in [2.45, 2.75) is 36.4 Å². The number of aliphatic hydroxyl groups excluding tert-OH is 1. The van der Waals surface area contributed by atoms with Gasteiger partial charge in [0.25, 0.3) is 15.9 Å². The van der Waals surface area contributed by atoms with Gasteiger partial charge in [0.05, 0.1) is 30.3 Å². The summed E-state index contributed by atoms with van der Waals surface area (Å²) in [5.74, 6) is -0.635. The van der Waals surface area contributed by atoms with Crippen molar-refractivity contribution >= 4 is 44.7 Å². The Morgan fingerprint density at radius 2 is 1.86 bits per heavy atom. The van der Waals surface area contributed by atoms with Gasteiger partial charge in [-0.1, -0.05) is 13.0 Å². The molecule has 232 valence electrons. The minimum Gasteiger partial charge on any atom is -0.487 e. The van der Waals surface area contributed by atoms with Crippen LogP contribution in [0.5, 0.6) is 5.75 Å². The number of ether oxygens (including phenoxy) is 1. The Morgan fingerprint density at radius 3 is 2.47 bits per heavy atom. The Morgan fingerprint density at radius 1 is 1.19 bits per heavy atom. The summed E-state index contributed by atoms with van der Waals surface area (Å²) in [6.07, 6.45) is -5.16. The maximum Gasteiger partial charge on any atom is 0.416 e. The predicted octanol–water partition coefficient (Wildman–Crippen LogP) is 4.95. The lowest BCUT2D eigenvalue weighted by Gasteiger charge is -2.38. The zero-order valence-corrected chi connectivity index (χ0v) is 25.1. The monoisotopic (exact) mass is 640 g/mol. The summed E-state index contributed by atoms with van der Waals surface area (Å²) in [6, 6.07) is 10.2. The third-order valence-corrected chi connectivity index (χ3v) is 9.72. The van der Waals surface area contributed by atoms with Gasteiger partial charge in [-0.25, -0.2) is 13.2 Å². The first-order valence-electron chi connectivity index (χ1n) is 13.2. The van der Waals surface area contributed by atoms with Crippen molar-refractivity contribution in [1.82, 2.24) is 9.80 Å². The van der Waals surface area contributed by atoms with Crippen molar-refractivity contribution in [1.29, 1.82) is 0 Å². The maximum atomic E-state index is 13.6. The number of likely N-dealkylation sites (N-methyl/N-ethyl adjacent to an activating group) is 1. The number of halogens is 3. The summed E-state index contributed by atoms with van der Waals surface area (Å²) in [7, 11) is -2.39. The third kappa shape index (κ3) is 7.58. The number of carbonyl (C=O) groups is 2. The van der Waals surface area contributed by atoms with Gasteiger partial charge >= 0.3 is 12.2 Å². The minimum absolute atomic E-state index is 0.0371. The standard InChI is InChI=1S/C28H31F3N4O6S2/c1-17-14-35(18(2)16-36)26(37)22-13-21(33-43(39,40)25-5-4-12-42-25)10-11-23(22)41-24(17)15-34(3)27(38)32-20-8-6-19(7-9-20)28(29,30)31/h4-13,17-18,24,33,36H,14-16H2,1-3H3,(H,32,38). The van der Waals surface area contributed by atoms with Crippen LogP contribution in [-0.2, 0) is 16.2 Å². The first-order chi connectivity index (χ1) is 20.2. The molecule has 3 aromatic rings. The fraction of sp³-hybridized carbons (Fsp3) is 0.357. The number of rotatable bonds is 8. The van der Waals surface area contributed by atoms with E-state index in [0.717, 1.165) is 35.6 Å². The number of anilines is 2. The summed E-state index contributed by atoms with van der Waals surface area (Å²) in [5.41, 5.74) is -0.458. The number of aliphatic hydroxyl groups is 1. The number of hydrogen-bond donors (Lipinski definition) is 3. The number of carbonyl (C=O) groups excluding carboxylic acids is 2. The summed E-state index contributed by atoms with van der Waals surface area (Å²) in [5, 5.41) is 14.0. The number of urea groups is 1. The summed E-state index contributed by atoms with van der Waals surface area (Å²) < 4.78 is 73.0. The van der Waals surface area contributed by atoms with E-state index in [-0.39, 0.29) is 52.5 Å². The molecule has 4 rings (SSSR count). The van der Waals surface area contributed by atoms with E-state index in [1.807, 2.05) is 6.92 Å². The highest BCUT2D eigenvalue weighted by Crippen LogP contribution is 2.32. The molecule has 0 saturated heterocycles. The number of amides is 3. The Balaban J connectivity index is 1.57. The van der Waals surface area contributed by atoms with Crippen LogP contribution < -0.4 is 14.8 Å². The number of hydrogen-bond acceptors (Lipinski definition) is 7. The van der Waals surface area contributed by atoms with Gasteiger partial charge in [0.2, 0.25) is 0 Å². The molecule has 0 radical (unpaired) electrons. The molecule has 15 heteroatoms. The number of sulfonamides is 1. The van der Waals surface area contributed by atoms with E-state index < -0.39 is 45.8 Å². The van der Waals surface area contributed by atoms with E-state index in [1.165, 1.54) is 41.1 Å². The number of nitrogens with zero attached hydrogens (tertiary/aromatic N) is 2. The minimum atomic E-state index is -4.50. The van der Waals surface area contributed by atoms with Gasteiger partial charge in [-0.05, 0) is 60.8 Å². The largest absolute Gasteiger partial charge is 0.487 e. The molecule has 0 fully saturated rings. The Labute approximate surface area is 251 Å². The molecule has 10 nitrogen and oxygen atoms in total. The van der Waals surface area contributed by atoms with Crippen LogP contribution in [0, 0.1) is 5.92 Å². The van der Waals surface area contributed by atoms with Gasteiger partial charge in [-0.15, -0.1) is 11.3 Å². The average Bonchev–Trinajstić information content (AvgIpc) is 3.51. The van der Waals surface area contributed by atoms with E-state index >= 15 is 0 Å². The molecule has 2 heterocycles. The van der Waals surface area contributed by atoms with E-state index in [1.54, 1.807) is 18.4 Å².